The van der Waals surface area contributed by atoms with E-state index < -0.39 is 17.6 Å². The number of amides is 3. The molecule has 31 heavy (non-hydrogen) atoms. The van der Waals surface area contributed by atoms with Gasteiger partial charge < -0.3 is 5.32 Å². The summed E-state index contributed by atoms with van der Waals surface area (Å²) in [7, 11) is 0. The smallest absolute Gasteiger partial charge is 0.321 e. The summed E-state index contributed by atoms with van der Waals surface area (Å²) in [6.45, 7) is 0. The van der Waals surface area contributed by atoms with Crippen LogP contribution in [0.4, 0.5) is 24.5 Å². The fourth-order valence-corrected chi connectivity index (χ4v) is 4.95. The second kappa shape index (κ2) is 6.80. The largest absolute Gasteiger partial charge is 0.418 e. The number of nitrogens with one attached hydrogen (secondary N) is 1. The van der Waals surface area contributed by atoms with E-state index in [1.54, 1.807) is 0 Å². The van der Waals surface area contributed by atoms with Crippen molar-refractivity contribution in [1.82, 2.24) is 0 Å². The van der Waals surface area contributed by atoms with Crippen molar-refractivity contribution in [1.29, 1.82) is 0 Å². The molecule has 4 atom stereocenters. The van der Waals surface area contributed by atoms with Gasteiger partial charge in [0.2, 0.25) is 11.8 Å². The standard InChI is InChI=1S/C23H17F3N2O3/c24-23(25,26)16-3-1-2-4-17(16)27-20(29)12-7-9-15(10-8-12)28-21(30)18-13-5-6-14(11-13)19(18)22(28)31/h1-10,13-14,18-19H,11H2,(H,27,29)/t13-,14+,18-,19+. The lowest BCUT2D eigenvalue weighted by Crippen LogP contribution is -2.32. The summed E-state index contributed by atoms with van der Waals surface area (Å²) in [4.78, 5) is 39.4. The Balaban J connectivity index is 1.35. The van der Waals surface area contributed by atoms with Crippen LogP contribution in [0.15, 0.2) is 60.7 Å². The molecule has 2 aromatic carbocycles. The van der Waals surface area contributed by atoms with Gasteiger partial charge in [-0.2, -0.15) is 13.2 Å². The number of alkyl halides is 3. The number of fused-ring (bicyclic) bond motifs is 5. The highest BCUT2D eigenvalue weighted by Crippen LogP contribution is 2.53. The molecule has 2 fully saturated rings. The zero-order valence-corrected chi connectivity index (χ0v) is 16.1. The summed E-state index contributed by atoms with van der Waals surface area (Å²) in [5.41, 5.74) is -0.814. The molecule has 0 spiro atoms. The zero-order chi connectivity index (χ0) is 21.9. The Morgan fingerprint density at radius 1 is 0.903 bits per heavy atom. The van der Waals surface area contributed by atoms with Crippen LogP contribution in [-0.4, -0.2) is 17.7 Å². The number of benzene rings is 2. The number of anilines is 2. The van der Waals surface area contributed by atoms with Gasteiger partial charge in [0.25, 0.3) is 5.91 Å². The molecule has 3 amide bonds. The first-order valence-electron chi connectivity index (χ1n) is 9.89. The molecule has 1 heterocycles. The molecule has 1 N–H and O–H groups in total. The van der Waals surface area contributed by atoms with Gasteiger partial charge in [0, 0.05) is 5.56 Å². The molecule has 3 aliphatic rings. The maximum atomic E-state index is 13.1. The number of hydrogen-bond acceptors (Lipinski definition) is 3. The molecule has 5 nitrogen and oxygen atoms in total. The van der Waals surface area contributed by atoms with Crippen molar-refractivity contribution in [2.45, 2.75) is 12.6 Å². The highest BCUT2D eigenvalue weighted by atomic mass is 19.4. The fourth-order valence-electron chi connectivity index (χ4n) is 4.95. The van der Waals surface area contributed by atoms with Gasteiger partial charge in [0.15, 0.2) is 0 Å². The van der Waals surface area contributed by atoms with E-state index in [1.807, 2.05) is 12.2 Å². The molecule has 1 aliphatic heterocycles. The fraction of sp³-hybridized carbons (Fsp3) is 0.261. The van der Waals surface area contributed by atoms with Crippen LogP contribution in [0.2, 0.25) is 0 Å². The molecule has 1 saturated heterocycles. The molecule has 2 aromatic rings. The van der Waals surface area contributed by atoms with Crippen molar-refractivity contribution in [2.24, 2.45) is 23.7 Å². The summed E-state index contributed by atoms with van der Waals surface area (Å²) >= 11 is 0. The van der Waals surface area contributed by atoms with Crippen LogP contribution < -0.4 is 10.2 Å². The van der Waals surface area contributed by atoms with Crippen LogP contribution in [-0.2, 0) is 15.8 Å². The average Bonchev–Trinajstić information content (AvgIpc) is 3.41. The van der Waals surface area contributed by atoms with Crippen LogP contribution in [0, 0.1) is 23.7 Å². The normalized spacial score (nSPS) is 26.5. The number of carbonyl (C=O) groups excluding carboxylic acids is 3. The number of carbonyl (C=O) groups is 3. The van der Waals surface area contributed by atoms with Gasteiger partial charge >= 0.3 is 6.18 Å². The van der Waals surface area contributed by atoms with Gasteiger partial charge in [-0.25, -0.2) is 0 Å². The van der Waals surface area contributed by atoms with E-state index in [-0.39, 0.29) is 46.7 Å². The zero-order valence-electron chi connectivity index (χ0n) is 16.1. The summed E-state index contributed by atoms with van der Waals surface area (Å²) < 4.78 is 39.4. The molecule has 5 rings (SSSR count). The summed E-state index contributed by atoms with van der Waals surface area (Å²) in [5, 5.41) is 2.28. The number of hydrogen-bond donors (Lipinski definition) is 1. The van der Waals surface area contributed by atoms with Crippen LogP contribution in [0.1, 0.15) is 22.3 Å². The van der Waals surface area contributed by atoms with Crippen molar-refractivity contribution in [3.05, 3.63) is 71.8 Å². The third kappa shape index (κ3) is 3.05. The Hall–Kier alpha value is -3.42. The molecule has 2 aliphatic carbocycles. The van der Waals surface area contributed by atoms with Crippen LogP contribution in [0.5, 0.6) is 0 Å². The molecular formula is C23H17F3N2O3. The first-order chi connectivity index (χ1) is 14.8. The average molecular weight is 426 g/mol. The van der Waals surface area contributed by atoms with Crippen molar-refractivity contribution in [2.75, 3.05) is 10.2 Å². The Labute approximate surface area is 175 Å². The Bertz CT molecular complexity index is 1090. The van der Waals surface area contributed by atoms with E-state index in [0.29, 0.717) is 5.69 Å². The third-order valence-corrected chi connectivity index (χ3v) is 6.34. The Morgan fingerprint density at radius 2 is 1.48 bits per heavy atom. The van der Waals surface area contributed by atoms with E-state index in [1.165, 1.54) is 47.4 Å². The number of rotatable bonds is 3. The predicted molar refractivity (Wildman–Crippen MR) is 106 cm³/mol. The summed E-state index contributed by atoms with van der Waals surface area (Å²) in [6.07, 6.45) is 0.245. The molecule has 2 bridgehead atoms. The maximum absolute atomic E-state index is 13.1. The van der Waals surface area contributed by atoms with Gasteiger partial charge in [-0.1, -0.05) is 24.3 Å². The molecule has 8 heteroatoms. The molecule has 0 radical (unpaired) electrons. The van der Waals surface area contributed by atoms with E-state index in [9.17, 15) is 27.6 Å². The van der Waals surface area contributed by atoms with E-state index in [0.717, 1.165) is 12.5 Å². The van der Waals surface area contributed by atoms with E-state index in [2.05, 4.69) is 5.32 Å². The Morgan fingerprint density at radius 3 is 2.06 bits per heavy atom. The minimum absolute atomic E-state index is 0.0928. The minimum Gasteiger partial charge on any atom is -0.321 e. The summed E-state index contributed by atoms with van der Waals surface area (Å²) in [6, 6.07) is 10.4. The number of allylic oxidation sites excluding steroid dienone is 2. The molecule has 158 valence electrons. The number of halogens is 3. The minimum atomic E-state index is -4.60. The highest BCUT2D eigenvalue weighted by molar-refractivity contribution is 6.23. The van der Waals surface area contributed by atoms with Crippen LogP contribution >= 0.6 is 0 Å². The van der Waals surface area contributed by atoms with Gasteiger partial charge in [0.1, 0.15) is 0 Å². The van der Waals surface area contributed by atoms with Crippen molar-refractivity contribution in [3.8, 4) is 0 Å². The lowest BCUT2D eigenvalue weighted by atomic mass is 9.85. The van der Waals surface area contributed by atoms with E-state index in [4.69, 9.17) is 0 Å². The first-order valence-corrected chi connectivity index (χ1v) is 9.89. The molecular weight excluding hydrogens is 409 g/mol. The quantitative estimate of drug-likeness (QED) is 0.589. The lowest BCUT2D eigenvalue weighted by molar-refractivity contribution is -0.137. The second-order valence-electron chi connectivity index (χ2n) is 8.06. The topological polar surface area (TPSA) is 66.5 Å². The van der Waals surface area contributed by atoms with Crippen molar-refractivity contribution < 1.29 is 27.6 Å². The van der Waals surface area contributed by atoms with Gasteiger partial charge in [-0.15, -0.1) is 0 Å². The van der Waals surface area contributed by atoms with Crippen LogP contribution in [0.25, 0.3) is 0 Å². The number of para-hydroxylation sites is 1. The van der Waals surface area contributed by atoms with Gasteiger partial charge in [0.05, 0.1) is 28.8 Å². The second-order valence-corrected chi connectivity index (χ2v) is 8.06. The van der Waals surface area contributed by atoms with Crippen molar-refractivity contribution >= 4 is 29.1 Å². The van der Waals surface area contributed by atoms with E-state index >= 15 is 0 Å². The van der Waals surface area contributed by atoms with Gasteiger partial charge in [-0.05, 0) is 54.7 Å². The maximum Gasteiger partial charge on any atom is 0.418 e. The Kier molecular flexibility index (Phi) is 4.28. The lowest BCUT2D eigenvalue weighted by Gasteiger charge is -2.18. The number of nitrogens with zero attached hydrogens (tertiary/aromatic N) is 1. The van der Waals surface area contributed by atoms with Crippen molar-refractivity contribution in [3.63, 3.8) is 0 Å². The molecule has 0 unspecified atom stereocenters. The predicted octanol–water partition coefficient (Wildman–Crippen LogP) is 4.27. The SMILES string of the molecule is O=C(Nc1ccccc1C(F)(F)F)c1ccc(N2C(=O)[C@@H]3[C@H](C2=O)[C@@H]2C=C[C@H]3C2)cc1. The third-order valence-electron chi connectivity index (χ3n) is 6.34. The molecule has 1 saturated carbocycles. The number of imide groups is 1. The monoisotopic (exact) mass is 426 g/mol. The highest BCUT2D eigenvalue weighted by Gasteiger charge is 2.59. The first kappa shape index (κ1) is 19.5. The van der Waals surface area contributed by atoms with Crippen LogP contribution in [0.3, 0.4) is 0 Å². The summed E-state index contributed by atoms with van der Waals surface area (Å²) in [5.74, 6) is -1.66. The van der Waals surface area contributed by atoms with Gasteiger partial charge in [-0.3, -0.25) is 19.3 Å². The molecule has 0 aromatic heterocycles.